The molecule has 16 heavy (non-hydrogen) atoms. The van der Waals surface area contributed by atoms with Crippen molar-refractivity contribution >= 4 is 10.9 Å². The van der Waals surface area contributed by atoms with Crippen molar-refractivity contribution in [2.75, 3.05) is 7.05 Å². The summed E-state index contributed by atoms with van der Waals surface area (Å²) < 4.78 is 27.1. The van der Waals surface area contributed by atoms with Gasteiger partial charge in [-0.25, -0.2) is 8.78 Å². The predicted octanol–water partition coefficient (Wildman–Crippen LogP) is 2.13. The number of aromatic nitrogens is 1. The molecule has 2 N–H and O–H groups in total. The fourth-order valence-corrected chi connectivity index (χ4v) is 2.54. The molecule has 1 aromatic carbocycles. The standard InChI is InChI=1S/C12H12F2N2/c1-15-7-2-6-5-16-10-4-9(13)12(14)8(3-7)11(6)10/h4-5,7,15-16H,2-3H2,1H3. The van der Waals surface area contributed by atoms with Gasteiger partial charge in [0.1, 0.15) is 0 Å². The zero-order chi connectivity index (χ0) is 11.3. The Bertz CT molecular complexity index is 560. The normalized spacial score (nSPS) is 19.3. The number of aromatic amines is 1. The highest BCUT2D eigenvalue weighted by Gasteiger charge is 2.25. The molecule has 2 nitrogen and oxygen atoms in total. The second kappa shape index (κ2) is 3.28. The topological polar surface area (TPSA) is 27.8 Å². The molecule has 1 aliphatic rings. The minimum absolute atomic E-state index is 0.183. The number of benzene rings is 1. The van der Waals surface area contributed by atoms with Crippen LogP contribution in [-0.2, 0) is 12.8 Å². The maximum atomic E-state index is 13.7. The minimum Gasteiger partial charge on any atom is -0.361 e. The average Bonchev–Trinajstić information content (AvgIpc) is 2.69. The molecule has 1 aliphatic carbocycles. The van der Waals surface area contributed by atoms with Gasteiger partial charge in [0.25, 0.3) is 0 Å². The first-order chi connectivity index (χ1) is 7.70. The molecule has 1 unspecified atom stereocenters. The van der Waals surface area contributed by atoms with Crippen LogP contribution >= 0.6 is 0 Å². The van der Waals surface area contributed by atoms with E-state index in [0.29, 0.717) is 17.5 Å². The van der Waals surface area contributed by atoms with E-state index in [1.54, 1.807) is 0 Å². The molecule has 0 bridgehead atoms. The Kier molecular flexibility index (Phi) is 2.01. The van der Waals surface area contributed by atoms with Crippen LogP contribution in [0.15, 0.2) is 12.3 Å². The predicted molar refractivity (Wildman–Crippen MR) is 58.5 cm³/mol. The number of halogens is 2. The van der Waals surface area contributed by atoms with E-state index in [-0.39, 0.29) is 6.04 Å². The summed E-state index contributed by atoms with van der Waals surface area (Å²) in [6, 6.07) is 1.42. The van der Waals surface area contributed by atoms with Gasteiger partial charge >= 0.3 is 0 Å². The van der Waals surface area contributed by atoms with Gasteiger partial charge in [-0.1, -0.05) is 0 Å². The van der Waals surface area contributed by atoms with Gasteiger partial charge in [0.15, 0.2) is 11.6 Å². The van der Waals surface area contributed by atoms with Gasteiger partial charge in [0.2, 0.25) is 0 Å². The molecule has 0 aliphatic heterocycles. The van der Waals surface area contributed by atoms with Gasteiger partial charge in [-0.3, -0.25) is 0 Å². The number of nitrogens with one attached hydrogen (secondary N) is 2. The van der Waals surface area contributed by atoms with Crippen molar-refractivity contribution < 1.29 is 8.78 Å². The second-order valence-corrected chi connectivity index (χ2v) is 4.28. The molecule has 1 heterocycles. The number of likely N-dealkylation sites (N-methyl/N-ethyl adjacent to an activating group) is 1. The molecule has 1 atom stereocenters. The Morgan fingerprint density at radius 3 is 2.94 bits per heavy atom. The zero-order valence-electron chi connectivity index (χ0n) is 8.90. The van der Waals surface area contributed by atoms with E-state index in [9.17, 15) is 8.78 Å². The summed E-state index contributed by atoms with van der Waals surface area (Å²) in [4.78, 5) is 3.00. The highest BCUT2D eigenvalue weighted by Crippen LogP contribution is 2.32. The van der Waals surface area contributed by atoms with E-state index in [0.717, 1.165) is 17.4 Å². The second-order valence-electron chi connectivity index (χ2n) is 4.28. The van der Waals surface area contributed by atoms with E-state index in [1.807, 2.05) is 13.2 Å². The Labute approximate surface area is 91.7 Å². The van der Waals surface area contributed by atoms with Crippen molar-refractivity contribution in [3.8, 4) is 0 Å². The van der Waals surface area contributed by atoms with Crippen molar-refractivity contribution in [1.82, 2.24) is 10.3 Å². The largest absolute Gasteiger partial charge is 0.361 e. The van der Waals surface area contributed by atoms with E-state index in [2.05, 4.69) is 10.3 Å². The smallest absolute Gasteiger partial charge is 0.162 e. The molecular weight excluding hydrogens is 210 g/mol. The summed E-state index contributed by atoms with van der Waals surface area (Å²) in [5.74, 6) is -1.47. The number of hydrogen-bond acceptors (Lipinski definition) is 1. The molecule has 0 saturated heterocycles. The van der Waals surface area contributed by atoms with E-state index >= 15 is 0 Å². The highest BCUT2D eigenvalue weighted by atomic mass is 19.2. The summed E-state index contributed by atoms with van der Waals surface area (Å²) in [5.41, 5.74) is 2.25. The Morgan fingerprint density at radius 1 is 1.38 bits per heavy atom. The molecule has 84 valence electrons. The third-order valence-electron chi connectivity index (χ3n) is 3.36. The molecule has 3 rings (SSSR count). The van der Waals surface area contributed by atoms with Gasteiger partial charge in [0.05, 0.1) is 0 Å². The number of rotatable bonds is 1. The summed E-state index contributed by atoms with van der Waals surface area (Å²) >= 11 is 0. The number of hydrogen-bond donors (Lipinski definition) is 2. The summed E-state index contributed by atoms with van der Waals surface area (Å²) in [6.07, 6.45) is 3.24. The molecule has 0 amide bonds. The third kappa shape index (κ3) is 1.19. The van der Waals surface area contributed by atoms with Crippen molar-refractivity contribution in [2.45, 2.75) is 18.9 Å². The van der Waals surface area contributed by atoms with Crippen molar-refractivity contribution in [1.29, 1.82) is 0 Å². The Balaban J connectivity index is 2.31. The van der Waals surface area contributed by atoms with Crippen LogP contribution in [0, 0.1) is 11.6 Å². The Morgan fingerprint density at radius 2 is 2.19 bits per heavy atom. The van der Waals surface area contributed by atoms with Crippen LogP contribution in [0.1, 0.15) is 11.1 Å². The van der Waals surface area contributed by atoms with Crippen LogP contribution in [0.3, 0.4) is 0 Å². The fraction of sp³-hybridized carbons (Fsp3) is 0.333. The summed E-state index contributed by atoms with van der Waals surface area (Å²) in [7, 11) is 1.84. The first-order valence-corrected chi connectivity index (χ1v) is 5.34. The average molecular weight is 222 g/mol. The van der Waals surface area contributed by atoms with Crippen LogP contribution in [0.4, 0.5) is 8.78 Å². The molecule has 0 saturated carbocycles. The first kappa shape index (κ1) is 9.78. The maximum absolute atomic E-state index is 13.7. The molecular formula is C12H12F2N2. The lowest BCUT2D eigenvalue weighted by molar-refractivity contribution is 0.481. The van der Waals surface area contributed by atoms with Crippen molar-refractivity contribution in [3.05, 3.63) is 35.0 Å². The van der Waals surface area contributed by atoms with Crippen LogP contribution in [-0.4, -0.2) is 18.1 Å². The molecule has 0 radical (unpaired) electrons. The molecule has 1 aromatic heterocycles. The van der Waals surface area contributed by atoms with Gasteiger partial charge in [-0.05, 0) is 25.5 Å². The van der Waals surface area contributed by atoms with Gasteiger partial charge in [0, 0.05) is 34.8 Å². The van der Waals surface area contributed by atoms with Crippen LogP contribution < -0.4 is 5.32 Å². The van der Waals surface area contributed by atoms with E-state index in [1.165, 1.54) is 6.07 Å². The van der Waals surface area contributed by atoms with Gasteiger partial charge < -0.3 is 10.3 Å². The highest BCUT2D eigenvalue weighted by molar-refractivity contribution is 5.88. The van der Waals surface area contributed by atoms with Crippen molar-refractivity contribution in [3.63, 3.8) is 0 Å². The summed E-state index contributed by atoms with van der Waals surface area (Å²) in [6.45, 7) is 0. The lowest BCUT2D eigenvalue weighted by Crippen LogP contribution is -2.32. The SMILES string of the molecule is CNC1Cc2c[nH]c3cc(F)c(F)c(c23)C1. The van der Waals surface area contributed by atoms with Crippen molar-refractivity contribution in [2.24, 2.45) is 0 Å². The van der Waals surface area contributed by atoms with Gasteiger partial charge in [-0.2, -0.15) is 0 Å². The van der Waals surface area contributed by atoms with E-state index < -0.39 is 11.6 Å². The zero-order valence-corrected chi connectivity index (χ0v) is 8.90. The lowest BCUT2D eigenvalue weighted by atomic mass is 9.89. The number of H-pyrrole nitrogens is 1. The minimum atomic E-state index is -0.771. The molecule has 2 aromatic rings. The lowest BCUT2D eigenvalue weighted by Gasteiger charge is -2.22. The van der Waals surface area contributed by atoms with Crippen LogP contribution in [0.25, 0.3) is 10.9 Å². The van der Waals surface area contributed by atoms with Gasteiger partial charge in [-0.15, -0.1) is 0 Å². The molecule has 0 fully saturated rings. The molecule has 4 heteroatoms. The quantitative estimate of drug-likeness (QED) is 0.760. The third-order valence-corrected chi connectivity index (χ3v) is 3.36. The Hall–Kier alpha value is -1.42. The first-order valence-electron chi connectivity index (χ1n) is 5.34. The van der Waals surface area contributed by atoms with Crippen LogP contribution in [0.2, 0.25) is 0 Å². The maximum Gasteiger partial charge on any atom is 0.162 e. The fourth-order valence-electron chi connectivity index (χ4n) is 2.54. The summed E-state index contributed by atoms with van der Waals surface area (Å²) in [5, 5.41) is 3.99. The monoisotopic (exact) mass is 222 g/mol. The molecule has 0 spiro atoms. The van der Waals surface area contributed by atoms with Crippen LogP contribution in [0.5, 0.6) is 0 Å². The van der Waals surface area contributed by atoms with E-state index in [4.69, 9.17) is 0 Å².